The van der Waals surface area contributed by atoms with E-state index >= 15 is 0 Å². The Labute approximate surface area is 179 Å². The fourth-order valence-corrected chi connectivity index (χ4v) is 4.52. The summed E-state index contributed by atoms with van der Waals surface area (Å²) in [5.74, 6) is -0.496. The van der Waals surface area contributed by atoms with Crippen molar-refractivity contribution >= 4 is 39.0 Å². The van der Waals surface area contributed by atoms with E-state index in [2.05, 4.69) is 4.98 Å². The number of nitro groups is 1. The van der Waals surface area contributed by atoms with E-state index in [4.69, 9.17) is 4.42 Å². The Kier molecular flexibility index (Phi) is 4.23. The lowest BCUT2D eigenvalue weighted by Gasteiger charge is -2.22. The summed E-state index contributed by atoms with van der Waals surface area (Å²) in [5, 5.41) is 13.6. The Bertz CT molecular complexity index is 1420. The molecule has 1 unspecified atom stereocenters. The number of nitro benzene ring substituents is 1. The number of carbonyl (C=O) groups excluding carboxylic acids is 1. The van der Waals surface area contributed by atoms with Crippen molar-refractivity contribution < 1.29 is 14.1 Å². The molecule has 1 atom stereocenters. The Morgan fingerprint density at radius 2 is 1.84 bits per heavy atom. The Hall–Kier alpha value is -3.85. The molecule has 1 amide bonds. The molecular formula is C22H15N3O5S. The van der Waals surface area contributed by atoms with Gasteiger partial charge in [0.05, 0.1) is 21.9 Å². The molecule has 0 N–H and O–H groups in total. The Balaban J connectivity index is 1.80. The van der Waals surface area contributed by atoms with E-state index in [1.807, 2.05) is 13.8 Å². The summed E-state index contributed by atoms with van der Waals surface area (Å²) in [6, 6.07) is 8.54. The first kappa shape index (κ1) is 19.1. The molecule has 8 nitrogen and oxygen atoms in total. The summed E-state index contributed by atoms with van der Waals surface area (Å²) in [6.45, 7) is 3.81. The SMILES string of the molecule is Cc1cc2oc3c(c(=O)c2cc1C)C(c1ccc([N+](=O)[O-])cc1)N(c1nccs1)C3=O. The zero-order valence-electron chi connectivity index (χ0n) is 16.5. The highest BCUT2D eigenvalue weighted by molar-refractivity contribution is 7.13. The van der Waals surface area contributed by atoms with E-state index in [1.165, 1.54) is 28.4 Å². The molecule has 1 aliphatic rings. The van der Waals surface area contributed by atoms with Crippen molar-refractivity contribution in [2.24, 2.45) is 0 Å². The number of benzene rings is 2. The lowest BCUT2D eigenvalue weighted by molar-refractivity contribution is -0.384. The zero-order chi connectivity index (χ0) is 21.9. The second-order valence-corrected chi connectivity index (χ2v) is 8.22. The van der Waals surface area contributed by atoms with Gasteiger partial charge >= 0.3 is 0 Å². The monoisotopic (exact) mass is 433 g/mol. The van der Waals surface area contributed by atoms with Crippen LogP contribution >= 0.6 is 11.3 Å². The van der Waals surface area contributed by atoms with Crippen LogP contribution < -0.4 is 10.3 Å². The van der Waals surface area contributed by atoms with Crippen LogP contribution in [0.15, 0.2) is 57.2 Å². The number of aryl methyl sites for hydroxylation is 2. The maximum atomic E-state index is 13.5. The van der Waals surface area contributed by atoms with Gasteiger partial charge in [-0.1, -0.05) is 0 Å². The van der Waals surface area contributed by atoms with Crippen molar-refractivity contribution in [3.63, 3.8) is 0 Å². The van der Waals surface area contributed by atoms with Crippen LogP contribution in [0.25, 0.3) is 11.0 Å². The van der Waals surface area contributed by atoms with Crippen LogP contribution in [0, 0.1) is 24.0 Å². The van der Waals surface area contributed by atoms with Crippen molar-refractivity contribution in [3.05, 3.63) is 96.3 Å². The molecule has 2 aromatic carbocycles. The van der Waals surface area contributed by atoms with Gasteiger partial charge in [0.2, 0.25) is 5.76 Å². The molecule has 1 aliphatic heterocycles. The van der Waals surface area contributed by atoms with E-state index in [9.17, 15) is 19.7 Å². The van der Waals surface area contributed by atoms with Crippen molar-refractivity contribution in [3.8, 4) is 0 Å². The highest BCUT2D eigenvalue weighted by Crippen LogP contribution is 2.42. The van der Waals surface area contributed by atoms with E-state index in [-0.39, 0.29) is 22.4 Å². The van der Waals surface area contributed by atoms with Gasteiger partial charge in [0.25, 0.3) is 11.6 Å². The van der Waals surface area contributed by atoms with Gasteiger partial charge < -0.3 is 4.42 Å². The molecule has 3 heterocycles. The van der Waals surface area contributed by atoms with Crippen LogP contribution in [0.2, 0.25) is 0 Å². The van der Waals surface area contributed by atoms with Gasteiger partial charge in [-0.3, -0.25) is 24.6 Å². The van der Waals surface area contributed by atoms with Gasteiger partial charge in [-0.05, 0) is 54.8 Å². The minimum atomic E-state index is -0.795. The second-order valence-electron chi connectivity index (χ2n) is 7.35. The fraction of sp³-hybridized carbons (Fsp3) is 0.136. The van der Waals surface area contributed by atoms with Crippen molar-refractivity contribution in [2.45, 2.75) is 19.9 Å². The van der Waals surface area contributed by atoms with Crippen molar-refractivity contribution in [1.29, 1.82) is 0 Å². The number of amides is 1. The number of anilines is 1. The third-order valence-corrected chi connectivity index (χ3v) is 6.30. The molecule has 0 radical (unpaired) electrons. The molecule has 31 heavy (non-hydrogen) atoms. The van der Waals surface area contributed by atoms with Gasteiger partial charge in [0, 0.05) is 23.7 Å². The first-order chi connectivity index (χ1) is 14.9. The average molecular weight is 433 g/mol. The molecule has 0 fully saturated rings. The van der Waals surface area contributed by atoms with Gasteiger partial charge in [0.1, 0.15) is 5.58 Å². The molecule has 4 aromatic rings. The van der Waals surface area contributed by atoms with Crippen LogP contribution in [-0.4, -0.2) is 15.8 Å². The number of hydrogen-bond donors (Lipinski definition) is 0. The van der Waals surface area contributed by atoms with Crippen LogP contribution in [0.4, 0.5) is 10.8 Å². The molecule has 154 valence electrons. The van der Waals surface area contributed by atoms with E-state index in [0.717, 1.165) is 11.1 Å². The average Bonchev–Trinajstić information content (AvgIpc) is 3.36. The predicted molar refractivity (Wildman–Crippen MR) is 116 cm³/mol. The molecule has 0 saturated carbocycles. The van der Waals surface area contributed by atoms with E-state index in [1.54, 1.807) is 35.8 Å². The summed E-state index contributed by atoms with van der Waals surface area (Å²) in [6.07, 6.45) is 1.57. The molecule has 2 aromatic heterocycles. The minimum Gasteiger partial charge on any atom is -0.450 e. The van der Waals surface area contributed by atoms with Crippen molar-refractivity contribution in [1.82, 2.24) is 4.98 Å². The number of nitrogens with zero attached hydrogens (tertiary/aromatic N) is 3. The molecular weight excluding hydrogens is 418 g/mol. The topological polar surface area (TPSA) is 107 Å². The Morgan fingerprint density at radius 3 is 2.48 bits per heavy atom. The van der Waals surface area contributed by atoms with E-state index in [0.29, 0.717) is 21.7 Å². The first-order valence-corrected chi connectivity index (χ1v) is 10.3. The van der Waals surface area contributed by atoms with Crippen LogP contribution in [0.5, 0.6) is 0 Å². The second kappa shape index (κ2) is 6.85. The molecule has 0 spiro atoms. The highest BCUT2D eigenvalue weighted by Gasteiger charge is 2.44. The third-order valence-electron chi connectivity index (χ3n) is 5.53. The third kappa shape index (κ3) is 2.85. The van der Waals surface area contributed by atoms with Crippen LogP contribution in [0.3, 0.4) is 0 Å². The lowest BCUT2D eigenvalue weighted by atomic mass is 9.97. The number of fused-ring (bicyclic) bond motifs is 2. The van der Waals surface area contributed by atoms with Crippen LogP contribution in [-0.2, 0) is 0 Å². The molecule has 5 rings (SSSR count). The number of aromatic nitrogens is 1. The summed E-state index contributed by atoms with van der Waals surface area (Å²) in [5.41, 5.74) is 2.63. The van der Waals surface area contributed by atoms with Crippen molar-refractivity contribution in [2.75, 3.05) is 4.90 Å². The number of carbonyl (C=O) groups is 1. The van der Waals surface area contributed by atoms with E-state index < -0.39 is 16.9 Å². The predicted octanol–water partition coefficient (Wildman–Crippen LogP) is 4.52. The standard InChI is InChI=1S/C22H15N3O5S/c1-11-9-15-16(10-12(11)2)30-20-17(19(15)26)18(13-3-5-14(6-4-13)25(28)29)24(21(20)27)22-23-7-8-31-22/h3-10,18H,1-2H3. The molecule has 0 aliphatic carbocycles. The number of rotatable bonds is 3. The summed E-state index contributed by atoms with van der Waals surface area (Å²) in [7, 11) is 0. The van der Waals surface area contributed by atoms with Gasteiger partial charge in [-0.2, -0.15) is 0 Å². The zero-order valence-corrected chi connectivity index (χ0v) is 17.3. The van der Waals surface area contributed by atoms with Crippen LogP contribution in [0.1, 0.15) is 38.9 Å². The number of thiazole rings is 1. The summed E-state index contributed by atoms with van der Waals surface area (Å²) >= 11 is 1.26. The summed E-state index contributed by atoms with van der Waals surface area (Å²) in [4.78, 5) is 43.1. The first-order valence-electron chi connectivity index (χ1n) is 9.42. The smallest absolute Gasteiger partial charge is 0.297 e. The maximum Gasteiger partial charge on any atom is 0.297 e. The van der Waals surface area contributed by atoms with Gasteiger partial charge in [-0.15, -0.1) is 11.3 Å². The van der Waals surface area contributed by atoms with Gasteiger partial charge in [-0.25, -0.2) is 4.98 Å². The fourth-order valence-electron chi connectivity index (χ4n) is 3.85. The highest BCUT2D eigenvalue weighted by atomic mass is 32.1. The molecule has 0 bridgehead atoms. The minimum absolute atomic E-state index is 0.0284. The quantitative estimate of drug-likeness (QED) is 0.347. The van der Waals surface area contributed by atoms with Gasteiger partial charge in [0.15, 0.2) is 10.6 Å². The maximum absolute atomic E-state index is 13.5. The Morgan fingerprint density at radius 1 is 1.13 bits per heavy atom. The summed E-state index contributed by atoms with van der Waals surface area (Å²) < 4.78 is 5.95. The lowest BCUT2D eigenvalue weighted by Crippen LogP contribution is -2.29. The number of non-ortho nitro benzene ring substituents is 1. The molecule has 0 saturated heterocycles. The largest absolute Gasteiger partial charge is 0.450 e. The molecule has 9 heteroatoms. The number of hydrogen-bond acceptors (Lipinski definition) is 7. The normalized spacial score (nSPS) is 15.5.